The third kappa shape index (κ3) is 23.1. The molecule has 2 aliphatic carbocycles. The van der Waals surface area contributed by atoms with E-state index in [1.54, 1.807) is 0 Å². The zero-order valence-electron chi connectivity index (χ0n) is 40.6. The molecule has 57 heavy (non-hydrogen) atoms. The summed E-state index contributed by atoms with van der Waals surface area (Å²) in [6.07, 6.45) is 56.5. The van der Waals surface area contributed by atoms with Crippen molar-refractivity contribution in [3.63, 3.8) is 0 Å². The van der Waals surface area contributed by atoms with Crippen LogP contribution in [0.1, 0.15) is 298 Å². The Kier molecular flexibility index (Phi) is 32.1. The van der Waals surface area contributed by atoms with Crippen LogP contribution in [-0.2, 0) is 0 Å². The lowest BCUT2D eigenvalue weighted by Gasteiger charge is -2.53. The minimum absolute atomic E-state index is 0.379. The molecular weight excluding hydrogens is 689 g/mol. The predicted octanol–water partition coefficient (Wildman–Crippen LogP) is 18.1. The normalized spacial score (nSPS) is 25.7. The number of hydrogen-bond donors (Lipinski definition) is 2. The van der Waals surface area contributed by atoms with Gasteiger partial charge in [-0.25, -0.2) is 0 Å². The van der Waals surface area contributed by atoms with Crippen LogP contribution in [0.4, 0.5) is 0 Å². The fourth-order valence-electron chi connectivity index (χ4n) is 12.0. The molecule has 4 unspecified atom stereocenters. The Bertz CT molecular complexity index is 739. The van der Waals surface area contributed by atoms with E-state index in [1.165, 1.54) is 257 Å². The molecule has 4 atom stereocenters. The number of nitrogens with two attached hydrogens (primary N) is 2. The topological polar surface area (TPSA) is 52.0 Å². The fourth-order valence-corrected chi connectivity index (χ4v) is 12.0. The minimum atomic E-state index is 0.379. The van der Waals surface area contributed by atoms with Crippen molar-refractivity contribution in [2.24, 2.45) is 52.4 Å². The summed E-state index contributed by atoms with van der Waals surface area (Å²) >= 11 is 0. The standard InChI is InChI=1S/C55H110N2/c1-7-11-15-19-23-27-31-35-39-47-43-51(44-48(53(47)56)40-36-32-28-24-20-16-12-8-2)55(5,6)52-45-49(41-37-33-29-25-21-17-13-9-3)54(57)50(46-52)42-38-34-30-26-22-18-14-10-4/h47-54H,7-46,56-57H2,1-6H3. The van der Waals surface area contributed by atoms with E-state index in [1.807, 2.05) is 0 Å². The monoisotopic (exact) mass is 799 g/mol. The van der Waals surface area contributed by atoms with Gasteiger partial charge in [0.2, 0.25) is 0 Å². The highest BCUT2D eigenvalue weighted by atomic mass is 14.7. The first-order chi connectivity index (χ1) is 27.8. The SMILES string of the molecule is CCCCCCCCCCC1CC(C(C)(C)C2CC(CCCCCCCCCC)C(N)C(CCCCCCCCCC)C2)CC(CCCCCCCCCC)C1N. The van der Waals surface area contributed by atoms with Crippen LogP contribution in [0.25, 0.3) is 0 Å². The molecule has 2 fully saturated rings. The Balaban J connectivity index is 2.10. The van der Waals surface area contributed by atoms with Crippen molar-refractivity contribution in [3.8, 4) is 0 Å². The summed E-state index contributed by atoms with van der Waals surface area (Å²) in [6.45, 7) is 14.8. The summed E-state index contributed by atoms with van der Waals surface area (Å²) in [4.78, 5) is 0. The van der Waals surface area contributed by atoms with Gasteiger partial charge in [0, 0.05) is 12.1 Å². The molecule has 2 nitrogen and oxygen atoms in total. The first-order valence-electron chi connectivity index (χ1n) is 27.3. The van der Waals surface area contributed by atoms with Gasteiger partial charge in [-0.1, -0.05) is 247 Å². The van der Waals surface area contributed by atoms with Gasteiger partial charge in [-0.05, 0) is 92.3 Å². The molecule has 2 aliphatic rings. The highest BCUT2D eigenvalue weighted by molar-refractivity contribution is 5.00. The van der Waals surface area contributed by atoms with Crippen molar-refractivity contribution >= 4 is 0 Å². The van der Waals surface area contributed by atoms with E-state index in [0.29, 0.717) is 17.5 Å². The third-order valence-electron chi connectivity index (χ3n) is 16.3. The Morgan fingerprint density at radius 2 is 0.474 bits per heavy atom. The first-order valence-corrected chi connectivity index (χ1v) is 27.3. The molecular formula is C55H110N2. The van der Waals surface area contributed by atoms with Crippen molar-refractivity contribution in [1.82, 2.24) is 0 Å². The molecule has 4 N–H and O–H groups in total. The van der Waals surface area contributed by atoms with Crippen molar-refractivity contribution in [3.05, 3.63) is 0 Å². The van der Waals surface area contributed by atoms with Crippen molar-refractivity contribution in [2.45, 2.75) is 310 Å². The average Bonchev–Trinajstić information content (AvgIpc) is 3.20. The molecule has 0 aromatic rings. The lowest BCUT2D eigenvalue weighted by Crippen LogP contribution is -2.51. The minimum Gasteiger partial charge on any atom is -0.327 e. The second kappa shape index (κ2) is 34.5. The summed E-state index contributed by atoms with van der Waals surface area (Å²) in [6, 6.07) is 0.853. The highest BCUT2D eigenvalue weighted by Crippen LogP contribution is 2.54. The predicted molar refractivity (Wildman–Crippen MR) is 258 cm³/mol. The lowest BCUT2D eigenvalue weighted by atomic mass is 9.53. The molecule has 0 aliphatic heterocycles. The molecule has 2 heteroatoms. The van der Waals surface area contributed by atoms with Crippen LogP contribution in [0, 0.1) is 40.9 Å². The fraction of sp³-hybridized carbons (Fsp3) is 1.00. The van der Waals surface area contributed by atoms with E-state index in [2.05, 4.69) is 41.5 Å². The van der Waals surface area contributed by atoms with Crippen molar-refractivity contribution in [1.29, 1.82) is 0 Å². The van der Waals surface area contributed by atoms with Crippen LogP contribution in [0.15, 0.2) is 0 Å². The van der Waals surface area contributed by atoms with Crippen LogP contribution in [0.2, 0.25) is 0 Å². The van der Waals surface area contributed by atoms with Gasteiger partial charge in [-0.2, -0.15) is 0 Å². The molecule has 2 rings (SSSR count). The smallest absolute Gasteiger partial charge is 0.00958 e. The largest absolute Gasteiger partial charge is 0.327 e. The van der Waals surface area contributed by atoms with Crippen LogP contribution in [0.3, 0.4) is 0 Å². The van der Waals surface area contributed by atoms with Gasteiger partial charge in [0.25, 0.3) is 0 Å². The summed E-state index contributed by atoms with van der Waals surface area (Å²) in [7, 11) is 0. The quantitative estimate of drug-likeness (QED) is 0.0611. The van der Waals surface area contributed by atoms with Gasteiger partial charge in [0.15, 0.2) is 0 Å². The average molecular weight is 799 g/mol. The number of hydrogen-bond acceptors (Lipinski definition) is 2. The van der Waals surface area contributed by atoms with Crippen LogP contribution in [-0.4, -0.2) is 12.1 Å². The van der Waals surface area contributed by atoms with Crippen molar-refractivity contribution in [2.75, 3.05) is 0 Å². The number of rotatable bonds is 38. The zero-order chi connectivity index (χ0) is 41.4. The second-order valence-electron chi connectivity index (χ2n) is 21.4. The summed E-state index contributed by atoms with van der Waals surface area (Å²) < 4.78 is 0. The third-order valence-corrected chi connectivity index (χ3v) is 16.3. The molecule has 0 aromatic carbocycles. The maximum Gasteiger partial charge on any atom is 0.00958 e. The van der Waals surface area contributed by atoms with E-state index in [-0.39, 0.29) is 0 Å². The highest BCUT2D eigenvalue weighted by Gasteiger charge is 2.48. The molecule has 0 amide bonds. The van der Waals surface area contributed by atoms with E-state index >= 15 is 0 Å². The maximum absolute atomic E-state index is 7.37. The molecule has 0 spiro atoms. The van der Waals surface area contributed by atoms with Gasteiger partial charge >= 0.3 is 0 Å². The van der Waals surface area contributed by atoms with E-state index in [4.69, 9.17) is 11.5 Å². The molecule has 0 aromatic heterocycles. The lowest BCUT2D eigenvalue weighted by molar-refractivity contribution is -0.0168. The van der Waals surface area contributed by atoms with Crippen LogP contribution >= 0.6 is 0 Å². The second-order valence-corrected chi connectivity index (χ2v) is 21.4. The van der Waals surface area contributed by atoms with Gasteiger partial charge in [0.1, 0.15) is 0 Å². The molecule has 0 bridgehead atoms. The van der Waals surface area contributed by atoms with E-state index in [9.17, 15) is 0 Å². The Hall–Kier alpha value is -0.0800. The van der Waals surface area contributed by atoms with Gasteiger partial charge in [-0.15, -0.1) is 0 Å². The summed E-state index contributed by atoms with van der Waals surface area (Å²) in [5, 5.41) is 0. The van der Waals surface area contributed by atoms with Gasteiger partial charge in [-0.3, -0.25) is 0 Å². The molecule has 0 heterocycles. The molecule has 0 radical (unpaired) electrons. The van der Waals surface area contributed by atoms with Crippen LogP contribution in [0.5, 0.6) is 0 Å². The van der Waals surface area contributed by atoms with Gasteiger partial charge in [0.05, 0.1) is 0 Å². The maximum atomic E-state index is 7.37. The Labute approximate surface area is 361 Å². The Morgan fingerprint density at radius 3 is 0.667 bits per heavy atom. The van der Waals surface area contributed by atoms with Gasteiger partial charge < -0.3 is 11.5 Å². The van der Waals surface area contributed by atoms with Crippen molar-refractivity contribution < 1.29 is 0 Å². The summed E-state index contributed by atoms with van der Waals surface area (Å²) in [5.41, 5.74) is 15.1. The molecule has 2 saturated carbocycles. The summed E-state index contributed by atoms with van der Waals surface area (Å²) in [5.74, 6) is 4.57. The first kappa shape index (κ1) is 53.1. The number of unbranched alkanes of at least 4 members (excludes halogenated alkanes) is 28. The Morgan fingerprint density at radius 1 is 0.298 bits per heavy atom. The van der Waals surface area contributed by atoms with E-state index in [0.717, 1.165) is 35.5 Å². The molecule has 0 saturated heterocycles. The zero-order valence-corrected chi connectivity index (χ0v) is 40.6. The molecule has 340 valence electrons. The van der Waals surface area contributed by atoms with E-state index < -0.39 is 0 Å². The van der Waals surface area contributed by atoms with Crippen LogP contribution < -0.4 is 11.5 Å².